The van der Waals surface area contributed by atoms with E-state index in [9.17, 15) is 9.59 Å². The number of carbonyl (C=O) groups is 2. The zero-order chi connectivity index (χ0) is 20.0. The van der Waals surface area contributed by atoms with Crippen LogP contribution in [0.5, 0.6) is 0 Å². The SMILES string of the molecule is C=CC[Si](C)(C)c1ccc(CC(NC(=O)NOC(C)(C)C)C(=O)OC)s1. The van der Waals surface area contributed by atoms with Crippen molar-refractivity contribution in [3.05, 3.63) is 29.7 Å². The van der Waals surface area contributed by atoms with E-state index in [2.05, 4.69) is 36.5 Å². The van der Waals surface area contributed by atoms with Gasteiger partial charge in [0.25, 0.3) is 0 Å². The van der Waals surface area contributed by atoms with Gasteiger partial charge in [-0.15, -0.1) is 17.9 Å². The van der Waals surface area contributed by atoms with Crippen LogP contribution in [0.25, 0.3) is 0 Å². The molecule has 6 nitrogen and oxygen atoms in total. The fraction of sp³-hybridized carbons (Fsp3) is 0.556. The van der Waals surface area contributed by atoms with Crippen LogP contribution in [0.4, 0.5) is 4.79 Å². The van der Waals surface area contributed by atoms with Crippen LogP contribution in [0.3, 0.4) is 0 Å². The van der Waals surface area contributed by atoms with Gasteiger partial charge >= 0.3 is 12.0 Å². The van der Waals surface area contributed by atoms with E-state index in [1.165, 1.54) is 11.6 Å². The molecule has 1 aromatic rings. The Hall–Kier alpha value is -1.64. The van der Waals surface area contributed by atoms with Crippen molar-refractivity contribution in [1.29, 1.82) is 0 Å². The Morgan fingerprint density at radius 1 is 1.35 bits per heavy atom. The summed E-state index contributed by atoms with van der Waals surface area (Å²) < 4.78 is 6.17. The third-order valence-electron chi connectivity index (χ3n) is 3.63. The van der Waals surface area contributed by atoms with Crippen LogP contribution in [0.1, 0.15) is 25.6 Å². The highest BCUT2D eigenvalue weighted by molar-refractivity contribution is 7.26. The van der Waals surface area contributed by atoms with Gasteiger partial charge in [0.1, 0.15) is 6.04 Å². The van der Waals surface area contributed by atoms with Gasteiger partial charge in [0.2, 0.25) is 0 Å². The fourth-order valence-electron chi connectivity index (χ4n) is 2.24. The summed E-state index contributed by atoms with van der Waals surface area (Å²) in [6.45, 7) is 13.9. The third-order valence-corrected chi connectivity index (χ3v) is 9.32. The molecule has 0 fully saturated rings. The number of amides is 2. The highest BCUT2D eigenvalue weighted by Gasteiger charge is 2.27. The van der Waals surface area contributed by atoms with Crippen LogP contribution in [0.2, 0.25) is 19.1 Å². The summed E-state index contributed by atoms with van der Waals surface area (Å²) in [6.07, 6.45) is 2.34. The van der Waals surface area contributed by atoms with E-state index < -0.39 is 31.7 Å². The summed E-state index contributed by atoms with van der Waals surface area (Å²) >= 11 is 1.68. The van der Waals surface area contributed by atoms with Crippen molar-refractivity contribution in [3.8, 4) is 0 Å². The molecule has 1 atom stereocenters. The minimum absolute atomic E-state index is 0.374. The van der Waals surface area contributed by atoms with Crippen LogP contribution in [-0.2, 0) is 20.8 Å². The first-order valence-electron chi connectivity index (χ1n) is 8.51. The zero-order valence-corrected chi connectivity index (χ0v) is 18.3. The second-order valence-corrected chi connectivity index (χ2v) is 14.0. The fourth-order valence-corrected chi connectivity index (χ4v) is 6.25. The van der Waals surface area contributed by atoms with Gasteiger partial charge in [0.15, 0.2) is 0 Å². The molecular weight excluding hydrogens is 368 g/mol. The predicted molar refractivity (Wildman–Crippen MR) is 108 cm³/mol. The number of methoxy groups -OCH3 is 1. The number of carbonyl (C=O) groups excluding carboxylic acids is 2. The number of allylic oxidation sites excluding steroid dienone is 1. The molecule has 1 unspecified atom stereocenters. The van der Waals surface area contributed by atoms with Gasteiger partial charge < -0.3 is 10.1 Å². The summed E-state index contributed by atoms with van der Waals surface area (Å²) in [4.78, 5) is 30.3. The molecule has 146 valence electrons. The number of ether oxygens (including phenoxy) is 1. The minimum atomic E-state index is -1.55. The van der Waals surface area contributed by atoms with Gasteiger partial charge in [-0.2, -0.15) is 0 Å². The molecule has 2 N–H and O–H groups in total. The number of nitrogens with one attached hydrogen (secondary N) is 2. The van der Waals surface area contributed by atoms with Crippen molar-refractivity contribution in [2.75, 3.05) is 7.11 Å². The van der Waals surface area contributed by atoms with E-state index in [-0.39, 0.29) is 0 Å². The minimum Gasteiger partial charge on any atom is -0.467 e. The number of urea groups is 1. The maximum absolute atomic E-state index is 12.1. The summed E-state index contributed by atoms with van der Waals surface area (Å²) in [5.74, 6) is -0.492. The van der Waals surface area contributed by atoms with Gasteiger partial charge in [-0.1, -0.05) is 25.2 Å². The van der Waals surface area contributed by atoms with Crippen LogP contribution in [-0.4, -0.2) is 38.8 Å². The Morgan fingerprint density at radius 3 is 2.54 bits per heavy atom. The van der Waals surface area contributed by atoms with E-state index in [1.807, 2.05) is 32.9 Å². The highest BCUT2D eigenvalue weighted by Crippen LogP contribution is 2.18. The smallest absolute Gasteiger partial charge is 0.339 e. The molecule has 8 heteroatoms. The maximum atomic E-state index is 12.1. The summed E-state index contributed by atoms with van der Waals surface area (Å²) in [7, 11) is -0.240. The molecule has 0 radical (unpaired) electrons. The number of rotatable bonds is 8. The summed E-state index contributed by atoms with van der Waals surface area (Å²) in [6, 6.07) is 3.78. The second-order valence-electron chi connectivity index (χ2n) is 7.71. The van der Waals surface area contributed by atoms with E-state index >= 15 is 0 Å². The van der Waals surface area contributed by atoms with Crippen molar-refractivity contribution < 1.29 is 19.2 Å². The Morgan fingerprint density at radius 2 is 2.00 bits per heavy atom. The molecule has 0 aromatic carbocycles. The van der Waals surface area contributed by atoms with Gasteiger partial charge in [0.05, 0.1) is 20.8 Å². The van der Waals surface area contributed by atoms with E-state index in [1.54, 1.807) is 11.3 Å². The number of hydrogen-bond donors (Lipinski definition) is 2. The largest absolute Gasteiger partial charge is 0.467 e. The molecule has 0 bridgehead atoms. The van der Waals surface area contributed by atoms with Crippen molar-refractivity contribution in [3.63, 3.8) is 0 Å². The maximum Gasteiger partial charge on any atom is 0.339 e. The van der Waals surface area contributed by atoms with Crippen molar-refractivity contribution in [2.24, 2.45) is 0 Å². The van der Waals surface area contributed by atoms with Gasteiger partial charge in [-0.3, -0.25) is 4.84 Å². The lowest BCUT2D eigenvalue weighted by Gasteiger charge is -2.21. The number of esters is 1. The lowest BCUT2D eigenvalue weighted by molar-refractivity contribution is -0.142. The van der Waals surface area contributed by atoms with E-state index in [0.717, 1.165) is 10.9 Å². The van der Waals surface area contributed by atoms with Gasteiger partial charge in [-0.05, 0) is 37.4 Å². The molecule has 0 saturated carbocycles. The molecule has 26 heavy (non-hydrogen) atoms. The van der Waals surface area contributed by atoms with Crippen LogP contribution < -0.4 is 15.3 Å². The molecule has 0 spiro atoms. The molecule has 1 aromatic heterocycles. The van der Waals surface area contributed by atoms with Gasteiger partial charge in [0, 0.05) is 11.3 Å². The molecule has 0 aliphatic rings. The van der Waals surface area contributed by atoms with Crippen LogP contribution in [0, 0.1) is 0 Å². The lowest BCUT2D eigenvalue weighted by Crippen LogP contribution is -2.49. The lowest BCUT2D eigenvalue weighted by atomic mass is 10.2. The number of thiophene rings is 1. The number of hydroxylamine groups is 1. The van der Waals surface area contributed by atoms with Crippen LogP contribution >= 0.6 is 11.3 Å². The normalized spacial score (nSPS) is 13.0. The number of hydrogen-bond acceptors (Lipinski definition) is 5. The molecule has 2 amide bonds. The molecule has 0 aliphatic carbocycles. The standard InChI is InChI=1S/C18H30N2O4SSi/c1-8-11-26(6,7)15-10-9-13(25-15)12-14(16(21)23-5)19-17(22)20-24-18(2,3)4/h8-10,14H,1,11-12H2,2-7H3,(H2,19,20,22). The monoisotopic (exact) mass is 398 g/mol. The van der Waals surface area contributed by atoms with Crippen molar-refractivity contribution in [1.82, 2.24) is 10.8 Å². The Balaban J connectivity index is 2.80. The second kappa shape index (κ2) is 9.34. The first kappa shape index (κ1) is 22.4. The van der Waals surface area contributed by atoms with E-state index in [4.69, 9.17) is 9.57 Å². The van der Waals surface area contributed by atoms with Gasteiger partial charge in [-0.25, -0.2) is 15.1 Å². The average Bonchev–Trinajstić information content (AvgIpc) is 3.00. The molecule has 1 rings (SSSR count). The highest BCUT2D eigenvalue weighted by atomic mass is 32.1. The predicted octanol–water partition coefficient (Wildman–Crippen LogP) is 2.96. The van der Waals surface area contributed by atoms with Crippen molar-refractivity contribution >= 4 is 35.9 Å². The third kappa shape index (κ3) is 7.31. The van der Waals surface area contributed by atoms with Crippen molar-refractivity contribution in [2.45, 2.75) is 58.0 Å². The molecular formula is C18H30N2O4SSi. The summed E-state index contributed by atoms with van der Waals surface area (Å²) in [5, 5.41) is 2.61. The Labute approximate surface area is 160 Å². The molecule has 0 aliphatic heterocycles. The first-order chi connectivity index (χ1) is 12.0. The Kier molecular flexibility index (Phi) is 8.04. The molecule has 1 heterocycles. The zero-order valence-electron chi connectivity index (χ0n) is 16.5. The quantitative estimate of drug-likeness (QED) is 0.305. The Bertz CT molecular complexity index is 637. The van der Waals surface area contributed by atoms with E-state index in [0.29, 0.717) is 6.42 Å². The summed E-state index contributed by atoms with van der Waals surface area (Å²) in [5.41, 5.74) is 1.78. The molecule has 0 saturated heterocycles. The topological polar surface area (TPSA) is 76.7 Å². The first-order valence-corrected chi connectivity index (χ1v) is 12.5. The van der Waals surface area contributed by atoms with Crippen LogP contribution in [0.15, 0.2) is 24.8 Å². The average molecular weight is 399 g/mol.